The van der Waals surface area contributed by atoms with Crippen molar-refractivity contribution in [3.05, 3.63) is 60.2 Å². The number of allylic oxidation sites excluding steroid dienone is 1. The van der Waals surface area contributed by atoms with Gasteiger partial charge in [0.1, 0.15) is 5.82 Å². The number of anilines is 1. The fraction of sp³-hybridized carbons (Fsp3) is 0.167. The minimum atomic E-state index is 0.725. The SMILES string of the molecule is C=CCn1c(-c2ccc(C)c(C)c2)nc2cc(N)ccc21. The molecule has 106 valence electrons. The van der Waals surface area contributed by atoms with E-state index < -0.39 is 0 Å². The minimum absolute atomic E-state index is 0.725. The van der Waals surface area contributed by atoms with Gasteiger partial charge in [-0.05, 0) is 49.2 Å². The molecule has 0 atom stereocenters. The predicted molar refractivity (Wildman–Crippen MR) is 89.3 cm³/mol. The van der Waals surface area contributed by atoms with Crippen LogP contribution in [0, 0.1) is 13.8 Å². The van der Waals surface area contributed by atoms with Crippen LogP contribution in [-0.2, 0) is 6.54 Å². The standard InChI is InChI=1S/C18H19N3/c1-4-9-21-17-8-7-15(19)11-16(17)20-18(21)14-6-5-12(2)13(3)10-14/h4-8,10-11H,1,9,19H2,2-3H3. The van der Waals surface area contributed by atoms with Gasteiger partial charge in [0.05, 0.1) is 11.0 Å². The van der Waals surface area contributed by atoms with Crippen LogP contribution in [0.4, 0.5) is 5.69 Å². The third-order valence-corrected chi connectivity index (χ3v) is 3.85. The Labute approximate surface area is 124 Å². The maximum Gasteiger partial charge on any atom is 0.141 e. The van der Waals surface area contributed by atoms with E-state index in [0.29, 0.717) is 0 Å². The number of rotatable bonds is 3. The number of aryl methyl sites for hydroxylation is 2. The highest BCUT2D eigenvalue weighted by atomic mass is 15.1. The van der Waals surface area contributed by atoms with E-state index in [1.165, 1.54) is 11.1 Å². The van der Waals surface area contributed by atoms with Crippen LogP contribution in [0.2, 0.25) is 0 Å². The van der Waals surface area contributed by atoms with Crippen molar-refractivity contribution in [2.45, 2.75) is 20.4 Å². The average Bonchev–Trinajstić information content (AvgIpc) is 2.80. The van der Waals surface area contributed by atoms with E-state index in [4.69, 9.17) is 10.7 Å². The second-order valence-corrected chi connectivity index (χ2v) is 5.38. The third-order valence-electron chi connectivity index (χ3n) is 3.85. The van der Waals surface area contributed by atoms with E-state index in [9.17, 15) is 0 Å². The van der Waals surface area contributed by atoms with Gasteiger partial charge in [-0.3, -0.25) is 0 Å². The van der Waals surface area contributed by atoms with Crippen molar-refractivity contribution in [2.24, 2.45) is 0 Å². The summed E-state index contributed by atoms with van der Waals surface area (Å²) in [6, 6.07) is 12.3. The lowest BCUT2D eigenvalue weighted by molar-refractivity contribution is 0.861. The second-order valence-electron chi connectivity index (χ2n) is 5.38. The van der Waals surface area contributed by atoms with Crippen molar-refractivity contribution in [3.63, 3.8) is 0 Å². The Morgan fingerprint density at radius 1 is 1.14 bits per heavy atom. The molecule has 0 amide bonds. The highest BCUT2D eigenvalue weighted by Gasteiger charge is 2.12. The first-order chi connectivity index (χ1) is 10.1. The third kappa shape index (κ3) is 2.31. The van der Waals surface area contributed by atoms with Crippen LogP contribution in [0.3, 0.4) is 0 Å². The van der Waals surface area contributed by atoms with Crippen LogP contribution in [0.1, 0.15) is 11.1 Å². The summed E-state index contributed by atoms with van der Waals surface area (Å²) in [6.07, 6.45) is 1.89. The van der Waals surface area contributed by atoms with Gasteiger partial charge in [-0.25, -0.2) is 4.98 Å². The first-order valence-electron chi connectivity index (χ1n) is 7.04. The summed E-state index contributed by atoms with van der Waals surface area (Å²) in [7, 11) is 0. The molecule has 2 aromatic carbocycles. The van der Waals surface area contributed by atoms with Crippen molar-refractivity contribution in [3.8, 4) is 11.4 Å². The number of benzene rings is 2. The van der Waals surface area contributed by atoms with E-state index in [1.54, 1.807) is 0 Å². The van der Waals surface area contributed by atoms with Crippen molar-refractivity contribution in [1.29, 1.82) is 0 Å². The molecule has 1 heterocycles. The Morgan fingerprint density at radius 2 is 1.95 bits per heavy atom. The van der Waals surface area contributed by atoms with E-state index in [-0.39, 0.29) is 0 Å². The smallest absolute Gasteiger partial charge is 0.141 e. The molecule has 0 bridgehead atoms. The lowest BCUT2D eigenvalue weighted by atomic mass is 10.1. The second kappa shape index (κ2) is 5.09. The van der Waals surface area contributed by atoms with Gasteiger partial charge in [-0.1, -0.05) is 18.2 Å². The number of hydrogen-bond donors (Lipinski definition) is 1. The van der Waals surface area contributed by atoms with Crippen LogP contribution in [0.15, 0.2) is 49.1 Å². The molecule has 0 unspecified atom stereocenters. The molecule has 0 spiro atoms. The Hall–Kier alpha value is -2.55. The van der Waals surface area contributed by atoms with Gasteiger partial charge < -0.3 is 10.3 Å². The van der Waals surface area contributed by atoms with Gasteiger partial charge in [0.25, 0.3) is 0 Å². The highest BCUT2D eigenvalue weighted by Crippen LogP contribution is 2.27. The fourth-order valence-corrected chi connectivity index (χ4v) is 2.56. The number of nitrogen functional groups attached to an aromatic ring is 1. The molecular weight excluding hydrogens is 258 g/mol. The van der Waals surface area contributed by atoms with Crippen molar-refractivity contribution >= 4 is 16.7 Å². The summed E-state index contributed by atoms with van der Waals surface area (Å²) in [5.41, 5.74) is 12.3. The fourth-order valence-electron chi connectivity index (χ4n) is 2.56. The highest BCUT2D eigenvalue weighted by molar-refractivity contribution is 5.83. The molecule has 0 aliphatic heterocycles. The molecule has 0 saturated carbocycles. The lowest BCUT2D eigenvalue weighted by Crippen LogP contribution is -1.98. The first-order valence-corrected chi connectivity index (χ1v) is 7.04. The Kier molecular flexibility index (Phi) is 3.26. The first kappa shape index (κ1) is 13.4. The number of nitrogens with two attached hydrogens (primary N) is 1. The largest absolute Gasteiger partial charge is 0.399 e. The number of fused-ring (bicyclic) bond motifs is 1. The number of imidazole rings is 1. The molecule has 0 aliphatic rings. The van der Waals surface area contributed by atoms with Gasteiger partial charge in [-0.15, -0.1) is 6.58 Å². The summed E-state index contributed by atoms with van der Waals surface area (Å²) in [4.78, 5) is 4.77. The Morgan fingerprint density at radius 3 is 2.67 bits per heavy atom. The average molecular weight is 277 g/mol. The van der Waals surface area contributed by atoms with Crippen LogP contribution >= 0.6 is 0 Å². The zero-order valence-corrected chi connectivity index (χ0v) is 12.4. The van der Waals surface area contributed by atoms with Crippen molar-refractivity contribution in [1.82, 2.24) is 9.55 Å². The zero-order chi connectivity index (χ0) is 15.0. The van der Waals surface area contributed by atoms with Crippen molar-refractivity contribution < 1.29 is 0 Å². The van der Waals surface area contributed by atoms with E-state index >= 15 is 0 Å². The Bertz CT molecular complexity index is 828. The monoisotopic (exact) mass is 277 g/mol. The van der Waals surface area contributed by atoms with Crippen LogP contribution < -0.4 is 5.73 Å². The minimum Gasteiger partial charge on any atom is -0.399 e. The predicted octanol–water partition coefficient (Wildman–Crippen LogP) is 4.09. The molecule has 2 N–H and O–H groups in total. The number of hydrogen-bond acceptors (Lipinski definition) is 2. The summed E-state index contributed by atoms with van der Waals surface area (Å²) in [5, 5.41) is 0. The molecule has 3 heteroatoms. The van der Waals surface area contributed by atoms with E-state index in [2.05, 4.69) is 43.2 Å². The van der Waals surface area contributed by atoms with Gasteiger partial charge in [-0.2, -0.15) is 0 Å². The topological polar surface area (TPSA) is 43.8 Å². The summed E-state index contributed by atoms with van der Waals surface area (Å²) < 4.78 is 2.17. The van der Waals surface area contributed by atoms with Gasteiger partial charge in [0, 0.05) is 17.8 Å². The summed E-state index contributed by atoms with van der Waals surface area (Å²) in [5.74, 6) is 0.957. The molecule has 0 fully saturated rings. The molecule has 21 heavy (non-hydrogen) atoms. The van der Waals surface area contributed by atoms with Gasteiger partial charge >= 0.3 is 0 Å². The van der Waals surface area contributed by atoms with E-state index in [0.717, 1.165) is 34.7 Å². The molecule has 3 aromatic rings. The molecule has 1 aromatic heterocycles. The molecular formula is C18H19N3. The molecule has 0 saturated heterocycles. The van der Waals surface area contributed by atoms with Gasteiger partial charge in [0.2, 0.25) is 0 Å². The normalized spacial score (nSPS) is 11.0. The lowest BCUT2D eigenvalue weighted by Gasteiger charge is -2.08. The van der Waals surface area contributed by atoms with Crippen molar-refractivity contribution in [2.75, 3.05) is 5.73 Å². The maximum atomic E-state index is 5.87. The molecule has 3 rings (SSSR count). The van der Waals surface area contributed by atoms with Gasteiger partial charge in [0.15, 0.2) is 0 Å². The zero-order valence-electron chi connectivity index (χ0n) is 12.4. The molecule has 3 nitrogen and oxygen atoms in total. The maximum absolute atomic E-state index is 5.87. The number of aromatic nitrogens is 2. The van der Waals surface area contributed by atoms with Crippen LogP contribution in [0.25, 0.3) is 22.4 Å². The van der Waals surface area contributed by atoms with Crippen LogP contribution in [0.5, 0.6) is 0 Å². The molecule has 0 aliphatic carbocycles. The summed E-state index contributed by atoms with van der Waals surface area (Å²) in [6.45, 7) is 8.82. The van der Waals surface area contributed by atoms with E-state index in [1.807, 2.05) is 24.3 Å². The Balaban J connectivity index is 2.27. The summed E-state index contributed by atoms with van der Waals surface area (Å²) >= 11 is 0. The van der Waals surface area contributed by atoms with Crippen LogP contribution in [-0.4, -0.2) is 9.55 Å². The molecule has 0 radical (unpaired) electrons. The quantitative estimate of drug-likeness (QED) is 0.579. The number of nitrogens with zero attached hydrogens (tertiary/aromatic N) is 2.